The molecule has 1 saturated heterocycles. The van der Waals surface area contributed by atoms with Gasteiger partial charge >= 0.3 is 0 Å². The van der Waals surface area contributed by atoms with Crippen molar-refractivity contribution in [2.24, 2.45) is 11.1 Å². The highest BCUT2D eigenvalue weighted by Gasteiger charge is 2.44. The van der Waals surface area contributed by atoms with Gasteiger partial charge in [-0.1, -0.05) is 37.6 Å². The molecule has 3 rings (SSSR count). The van der Waals surface area contributed by atoms with Crippen LogP contribution in [-0.2, 0) is 25.4 Å². The van der Waals surface area contributed by atoms with E-state index in [1.807, 2.05) is 24.3 Å². The van der Waals surface area contributed by atoms with Crippen molar-refractivity contribution in [3.63, 3.8) is 0 Å². The van der Waals surface area contributed by atoms with Crippen LogP contribution in [-0.4, -0.2) is 38.8 Å². The molecular formula is C23H29N3O5S. The number of hydrogen-bond donors (Lipinski definition) is 2. The first-order valence-corrected chi connectivity index (χ1v) is 12.3. The molecule has 1 aliphatic rings. The van der Waals surface area contributed by atoms with Gasteiger partial charge in [0.15, 0.2) is 0 Å². The molecule has 0 aromatic heterocycles. The number of nitrogens with one attached hydrogen (secondary N) is 1. The van der Waals surface area contributed by atoms with Gasteiger partial charge in [0.25, 0.3) is 0 Å². The molecule has 2 unspecified atom stereocenters. The molecule has 8 nitrogen and oxygen atoms in total. The average Bonchev–Trinajstić information content (AvgIpc) is 3.07. The van der Waals surface area contributed by atoms with E-state index in [0.717, 1.165) is 18.4 Å². The van der Waals surface area contributed by atoms with Gasteiger partial charge in [0, 0.05) is 18.7 Å². The van der Waals surface area contributed by atoms with E-state index in [1.165, 1.54) is 0 Å². The third kappa shape index (κ3) is 5.86. The number of likely N-dealkylation sites (tertiary alicyclic amines) is 1. The van der Waals surface area contributed by atoms with Crippen LogP contribution in [0.15, 0.2) is 48.5 Å². The first-order valence-electron chi connectivity index (χ1n) is 10.6. The van der Waals surface area contributed by atoms with Crippen LogP contribution in [0.4, 0.5) is 5.69 Å². The highest BCUT2D eigenvalue weighted by atomic mass is 32.2. The lowest BCUT2D eigenvalue weighted by Crippen LogP contribution is -2.33. The van der Waals surface area contributed by atoms with Crippen molar-refractivity contribution in [1.82, 2.24) is 4.90 Å². The number of primary sulfonamides is 1. The Morgan fingerprint density at radius 3 is 2.56 bits per heavy atom. The van der Waals surface area contributed by atoms with E-state index in [-0.39, 0.29) is 30.0 Å². The Labute approximate surface area is 188 Å². The minimum Gasteiger partial charge on any atom is -0.497 e. The van der Waals surface area contributed by atoms with E-state index in [2.05, 4.69) is 12.2 Å². The molecule has 2 atom stereocenters. The van der Waals surface area contributed by atoms with E-state index < -0.39 is 15.9 Å². The second kappa shape index (κ2) is 10.1. The number of amides is 2. The molecule has 0 spiro atoms. The van der Waals surface area contributed by atoms with Gasteiger partial charge in [-0.25, -0.2) is 13.6 Å². The summed E-state index contributed by atoms with van der Waals surface area (Å²) >= 11 is 0. The molecule has 2 aromatic carbocycles. The van der Waals surface area contributed by atoms with Crippen molar-refractivity contribution in [3.05, 3.63) is 59.7 Å². The van der Waals surface area contributed by atoms with Gasteiger partial charge in [-0.15, -0.1) is 0 Å². The quantitative estimate of drug-likeness (QED) is 0.598. The number of nitrogens with zero attached hydrogens (tertiary/aromatic N) is 1. The Bertz CT molecular complexity index is 1070. The van der Waals surface area contributed by atoms with Crippen molar-refractivity contribution in [3.8, 4) is 5.75 Å². The number of unbranched alkanes of at least 4 members (excludes halogenated alkanes) is 1. The predicted molar refractivity (Wildman–Crippen MR) is 122 cm³/mol. The Balaban J connectivity index is 1.85. The zero-order valence-corrected chi connectivity index (χ0v) is 19.1. The lowest BCUT2D eigenvalue weighted by Gasteiger charge is -2.28. The van der Waals surface area contributed by atoms with Crippen LogP contribution in [0.25, 0.3) is 0 Å². The van der Waals surface area contributed by atoms with Crippen LogP contribution >= 0.6 is 0 Å². The minimum atomic E-state index is -3.69. The molecule has 172 valence electrons. The van der Waals surface area contributed by atoms with Crippen LogP contribution in [0, 0.1) is 5.92 Å². The molecule has 32 heavy (non-hydrogen) atoms. The van der Waals surface area contributed by atoms with Crippen LogP contribution in [0.3, 0.4) is 0 Å². The second-order valence-electron chi connectivity index (χ2n) is 7.97. The molecule has 9 heteroatoms. The molecule has 0 bridgehead atoms. The molecular weight excluding hydrogens is 430 g/mol. The topological polar surface area (TPSA) is 119 Å². The molecule has 2 aromatic rings. The molecule has 0 aliphatic carbocycles. The van der Waals surface area contributed by atoms with Gasteiger partial charge in [-0.3, -0.25) is 9.59 Å². The Kier molecular flexibility index (Phi) is 7.52. The summed E-state index contributed by atoms with van der Waals surface area (Å²) in [5.41, 5.74) is 1.81. The number of rotatable bonds is 9. The molecule has 0 saturated carbocycles. The molecule has 0 radical (unpaired) electrons. The first kappa shape index (κ1) is 23.7. The van der Waals surface area contributed by atoms with Crippen molar-refractivity contribution in [1.29, 1.82) is 0 Å². The lowest BCUT2D eigenvalue weighted by molar-refractivity contribution is -0.129. The lowest BCUT2D eigenvalue weighted by atomic mass is 9.92. The predicted octanol–water partition coefficient (Wildman–Crippen LogP) is 2.81. The number of hydrogen-bond acceptors (Lipinski definition) is 5. The normalized spacial score (nSPS) is 18.6. The summed E-state index contributed by atoms with van der Waals surface area (Å²) in [7, 11) is -2.10. The highest BCUT2D eigenvalue weighted by molar-refractivity contribution is 7.88. The Hall–Kier alpha value is -2.91. The van der Waals surface area contributed by atoms with Crippen LogP contribution < -0.4 is 15.2 Å². The van der Waals surface area contributed by atoms with Gasteiger partial charge in [0.2, 0.25) is 21.8 Å². The SMILES string of the molecule is CCCCN1C(=O)CC(C(=O)Nc2cccc(CS(N)(=O)=O)c2)C1c1ccc(OC)cc1. The number of sulfonamides is 1. The Morgan fingerprint density at radius 2 is 1.94 bits per heavy atom. The fraction of sp³-hybridized carbons (Fsp3) is 0.391. The zero-order valence-electron chi connectivity index (χ0n) is 18.3. The minimum absolute atomic E-state index is 0.0533. The number of carbonyl (C=O) groups is 2. The van der Waals surface area contributed by atoms with Crippen molar-refractivity contribution < 1.29 is 22.7 Å². The maximum absolute atomic E-state index is 13.2. The van der Waals surface area contributed by atoms with Crippen LogP contribution in [0.2, 0.25) is 0 Å². The monoisotopic (exact) mass is 459 g/mol. The highest BCUT2D eigenvalue weighted by Crippen LogP contribution is 2.39. The number of ether oxygens (including phenoxy) is 1. The van der Waals surface area contributed by atoms with Crippen molar-refractivity contribution >= 4 is 27.5 Å². The van der Waals surface area contributed by atoms with Gasteiger partial charge in [-0.05, 0) is 41.8 Å². The number of nitrogens with two attached hydrogens (primary N) is 1. The van der Waals surface area contributed by atoms with Crippen molar-refractivity contribution in [2.75, 3.05) is 19.0 Å². The molecule has 1 aliphatic heterocycles. The molecule has 1 fully saturated rings. The third-order valence-corrected chi connectivity index (χ3v) is 6.28. The summed E-state index contributed by atoms with van der Waals surface area (Å²) in [6.07, 6.45) is 1.90. The van der Waals surface area contributed by atoms with Crippen LogP contribution in [0.1, 0.15) is 43.4 Å². The largest absolute Gasteiger partial charge is 0.497 e. The van der Waals surface area contributed by atoms with E-state index in [0.29, 0.717) is 23.5 Å². The summed E-state index contributed by atoms with van der Waals surface area (Å²) in [5.74, 6) is -0.536. The average molecular weight is 460 g/mol. The third-order valence-electron chi connectivity index (χ3n) is 5.54. The summed E-state index contributed by atoms with van der Waals surface area (Å²) in [4.78, 5) is 27.8. The van der Waals surface area contributed by atoms with E-state index in [9.17, 15) is 18.0 Å². The smallest absolute Gasteiger partial charge is 0.230 e. The fourth-order valence-corrected chi connectivity index (χ4v) is 4.68. The summed E-state index contributed by atoms with van der Waals surface area (Å²) < 4.78 is 28.0. The van der Waals surface area contributed by atoms with Gasteiger partial charge in [-0.2, -0.15) is 0 Å². The van der Waals surface area contributed by atoms with Gasteiger partial charge < -0.3 is 15.0 Å². The number of carbonyl (C=O) groups excluding carboxylic acids is 2. The fourth-order valence-electron chi connectivity index (χ4n) is 4.04. The number of benzene rings is 2. The molecule has 3 N–H and O–H groups in total. The van der Waals surface area contributed by atoms with Gasteiger partial charge in [0.05, 0.1) is 24.8 Å². The standard InChI is InChI=1S/C23H29N3O5S/c1-3-4-12-26-21(27)14-20(22(26)17-8-10-19(31-2)11-9-17)23(28)25-18-7-5-6-16(13-18)15-32(24,29)30/h5-11,13,20,22H,3-4,12,14-15H2,1-2H3,(H,25,28)(H2,24,29,30). The zero-order chi connectivity index (χ0) is 23.3. The maximum atomic E-state index is 13.2. The summed E-state index contributed by atoms with van der Waals surface area (Å²) in [6.45, 7) is 2.64. The van der Waals surface area contributed by atoms with E-state index >= 15 is 0 Å². The maximum Gasteiger partial charge on any atom is 0.230 e. The van der Waals surface area contributed by atoms with E-state index in [1.54, 1.807) is 36.3 Å². The molecule has 1 heterocycles. The molecule has 2 amide bonds. The summed E-state index contributed by atoms with van der Waals surface area (Å²) in [5, 5.41) is 7.98. The van der Waals surface area contributed by atoms with E-state index in [4.69, 9.17) is 9.88 Å². The van der Waals surface area contributed by atoms with Crippen molar-refractivity contribution in [2.45, 2.75) is 38.0 Å². The first-order chi connectivity index (χ1) is 15.2. The van der Waals surface area contributed by atoms with Gasteiger partial charge in [0.1, 0.15) is 5.75 Å². The number of anilines is 1. The second-order valence-corrected chi connectivity index (χ2v) is 9.58. The number of methoxy groups -OCH3 is 1. The van der Waals surface area contributed by atoms with Crippen LogP contribution in [0.5, 0.6) is 5.75 Å². The summed E-state index contributed by atoms with van der Waals surface area (Å²) in [6, 6.07) is 13.6. The Morgan fingerprint density at radius 1 is 1.22 bits per heavy atom.